The number of fused-ring (bicyclic) bond motifs is 1. The van der Waals surface area contributed by atoms with Gasteiger partial charge in [0.15, 0.2) is 0 Å². The van der Waals surface area contributed by atoms with E-state index >= 15 is 0 Å². The molecule has 0 saturated carbocycles. The summed E-state index contributed by atoms with van der Waals surface area (Å²) in [6.45, 7) is 6.03. The van der Waals surface area contributed by atoms with Crippen molar-refractivity contribution >= 4 is 17.5 Å². The molecule has 0 aliphatic carbocycles. The second-order valence-corrected chi connectivity index (χ2v) is 7.04. The average molecular weight is 368 g/mol. The van der Waals surface area contributed by atoms with E-state index in [1.807, 2.05) is 39.0 Å². The molecule has 0 spiro atoms. The molecule has 1 aliphatic heterocycles. The summed E-state index contributed by atoms with van der Waals surface area (Å²) in [4.78, 5) is 24.6. The molecule has 0 bridgehead atoms. The fourth-order valence-electron chi connectivity index (χ4n) is 3.48. The van der Waals surface area contributed by atoms with Crippen LogP contribution in [0.2, 0.25) is 0 Å². The van der Waals surface area contributed by atoms with Gasteiger partial charge < -0.3 is 20.5 Å². The Bertz CT molecular complexity index is 870. The number of hydrogen-bond donors (Lipinski definition) is 3. The first-order chi connectivity index (χ1) is 12.8. The molecule has 1 heterocycles. The van der Waals surface area contributed by atoms with E-state index < -0.39 is 17.4 Å². The molecule has 1 atom stereocenters. The summed E-state index contributed by atoms with van der Waals surface area (Å²) in [6, 6.07) is 11.1. The number of nitrogens with one attached hydrogen (secondary N) is 2. The molecule has 0 saturated heterocycles. The van der Waals surface area contributed by atoms with Gasteiger partial charge in [-0.05, 0) is 38.0 Å². The van der Waals surface area contributed by atoms with Crippen LogP contribution in [0.4, 0.5) is 5.69 Å². The zero-order chi connectivity index (χ0) is 19.6. The lowest BCUT2D eigenvalue weighted by Gasteiger charge is -2.34. The van der Waals surface area contributed by atoms with Crippen LogP contribution in [0.15, 0.2) is 36.4 Å². The molecule has 6 nitrogen and oxygen atoms in total. The van der Waals surface area contributed by atoms with Crippen molar-refractivity contribution in [2.75, 3.05) is 18.5 Å². The monoisotopic (exact) mass is 368 g/mol. The first-order valence-corrected chi connectivity index (χ1v) is 8.92. The SMILES string of the molecule is Cc1cc(C)c(NC(=O)C(=O)NCC2(O)CCOc3ccccc32)c(C)c1. The Morgan fingerprint density at radius 3 is 2.48 bits per heavy atom. The van der Waals surface area contributed by atoms with E-state index in [0.29, 0.717) is 30.0 Å². The molecule has 2 amide bonds. The maximum Gasteiger partial charge on any atom is 0.313 e. The Hall–Kier alpha value is -2.86. The van der Waals surface area contributed by atoms with Gasteiger partial charge in [-0.3, -0.25) is 9.59 Å². The fraction of sp³-hybridized carbons (Fsp3) is 0.333. The third-order valence-corrected chi connectivity index (χ3v) is 4.82. The molecule has 3 rings (SSSR count). The molecule has 3 N–H and O–H groups in total. The number of aliphatic hydroxyl groups is 1. The summed E-state index contributed by atoms with van der Waals surface area (Å²) in [6.07, 6.45) is 0.335. The molecule has 0 aromatic heterocycles. The molecule has 2 aromatic carbocycles. The zero-order valence-electron chi connectivity index (χ0n) is 15.8. The topological polar surface area (TPSA) is 87.7 Å². The number of rotatable bonds is 3. The van der Waals surface area contributed by atoms with Crippen molar-refractivity contribution in [2.45, 2.75) is 32.8 Å². The lowest BCUT2D eigenvalue weighted by atomic mass is 9.88. The van der Waals surface area contributed by atoms with E-state index in [2.05, 4.69) is 10.6 Å². The molecule has 6 heteroatoms. The van der Waals surface area contributed by atoms with Gasteiger partial charge in [0.1, 0.15) is 11.4 Å². The maximum atomic E-state index is 12.3. The Morgan fingerprint density at radius 2 is 1.78 bits per heavy atom. The molecule has 0 fully saturated rings. The van der Waals surface area contributed by atoms with Crippen LogP contribution in [0.25, 0.3) is 0 Å². The Labute approximate surface area is 158 Å². The Balaban J connectivity index is 1.67. The van der Waals surface area contributed by atoms with Crippen molar-refractivity contribution in [1.82, 2.24) is 5.32 Å². The minimum atomic E-state index is -1.26. The van der Waals surface area contributed by atoms with E-state index in [9.17, 15) is 14.7 Å². The lowest BCUT2D eigenvalue weighted by Crippen LogP contribution is -2.46. The third-order valence-electron chi connectivity index (χ3n) is 4.82. The van der Waals surface area contributed by atoms with Gasteiger partial charge in [0.2, 0.25) is 0 Å². The van der Waals surface area contributed by atoms with Crippen molar-refractivity contribution in [3.05, 3.63) is 58.7 Å². The summed E-state index contributed by atoms with van der Waals surface area (Å²) in [5, 5.41) is 16.2. The number of hydrogen-bond acceptors (Lipinski definition) is 4. The van der Waals surface area contributed by atoms with Crippen molar-refractivity contribution < 1.29 is 19.4 Å². The minimum Gasteiger partial charge on any atom is -0.493 e. The summed E-state index contributed by atoms with van der Waals surface area (Å²) in [7, 11) is 0. The van der Waals surface area contributed by atoms with Gasteiger partial charge in [0, 0.05) is 17.7 Å². The standard InChI is InChI=1S/C21H24N2O4/c1-13-10-14(2)18(15(3)11-13)23-20(25)19(24)22-12-21(26)8-9-27-17-7-5-4-6-16(17)21/h4-7,10-11,26H,8-9,12H2,1-3H3,(H,22,24)(H,23,25). The van der Waals surface area contributed by atoms with Gasteiger partial charge >= 0.3 is 11.8 Å². The van der Waals surface area contributed by atoms with Crippen molar-refractivity contribution in [3.63, 3.8) is 0 Å². The second kappa shape index (κ2) is 7.40. The van der Waals surface area contributed by atoms with Crippen molar-refractivity contribution in [3.8, 4) is 5.75 Å². The number of ether oxygens (including phenoxy) is 1. The number of carbonyl (C=O) groups is 2. The van der Waals surface area contributed by atoms with Crippen molar-refractivity contribution in [1.29, 1.82) is 0 Å². The summed E-state index contributed by atoms with van der Waals surface area (Å²) in [5.74, 6) is -0.948. The highest BCUT2D eigenvalue weighted by Gasteiger charge is 2.36. The van der Waals surface area contributed by atoms with Crippen LogP contribution in [0.5, 0.6) is 5.75 Å². The smallest absolute Gasteiger partial charge is 0.313 e. The Kier molecular flexibility index (Phi) is 5.19. The highest BCUT2D eigenvalue weighted by atomic mass is 16.5. The van der Waals surface area contributed by atoms with Gasteiger partial charge in [-0.25, -0.2) is 0 Å². The highest BCUT2D eigenvalue weighted by Crippen LogP contribution is 2.36. The van der Waals surface area contributed by atoms with Gasteiger partial charge in [-0.2, -0.15) is 0 Å². The molecule has 1 unspecified atom stereocenters. The molecule has 0 radical (unpaired) electrons. The van der Waals surface area contributed by atoms with Crippen LogP contribution in [0.1, 0.15) is 28.7 Å². The summed E-state index contributed by atoms with van der Waals surface area (Å²) < 4.78 is 5.54. The first-order valence-electron chi connectivity index (χ1n) is 8.92. The third kappa shape index (κ3) is 3.95. The number of benzene rings is 2. The van der Waals surface area contributed by atoms with Crippen LogP contribution in [0, 0.1) is 20.8 Å². The predicted octanol–water partition coefficient (Wildman–Crippen LogP) is 2.34. The van der Waals surface area contributed by atoms with E-state index in [0.717, 1.165) is 16.7 Å². The van der Waals surface area contributed by atoms with Gasteiger partial charge in [0.25, 0.3) is 0 Å². The van der Waals surface area contributed by atoms with E-state index in [4.69, 9.17) is 4.74 Å². The predicted molar refractivity (Wildman–Crippen MR) is 103 cm³/mol. The number of carbonyl (C=O) groups excluding carboxylic acids is 2. The quantitative estimate of drug-likeness (QED) is 0.726. The Morgan fingerprint density at radius 1 is 1.11 bits per heavy atom. The first kappa shape index (κ1) is 18.9. The van der Waals surface area contributed by atoms with Crippen LogP contribution in [-0.2, 0) is 15.2 Å². The van der Waals surface area contributed by atoms with Crippen LogP contribution in [0.3, 0.4) is 0 Å². The molecular formula is C21H24N2O4. The number of aryl methyl sites for hydroxylation is 3. The van der Waals surface area contributed by atoms with Gasteiger partial charge in [-0.15, -0.1) is 0 Å². The lowest BCUT2D eigenvalue weighted by molar-refractivity contribution is -0.137. The second-order valence-electron chi connectivity index (χ2n) is 7.04. The summed E-state index contributed by atoms with van der Waals surface area (Å²) >= 11 is 0. The number of anilines is 1. The van der Waals surface area contributed by atoms with Crippen molar-refractivity contribution in [2.24, 2.45) is 0 Å². The molecular weight excluding hydrogens is 344 g/mol. The summed E-state index contributed by atoms with van der Waals surface area (Å²) in [5.41, 5.74) is 2.86. The zero-order valence-corrected chi connectivity index (χ0v) is 15.8. The average Bonchev–Trinajstić information content (AvgIpc) is 2.63. The molecule has 142 valence electrons. The van der Waals surface area contributed by atoms with E-state index in [1.54, 1.807) is 18.2 Å². The van der Waals surface area contributed by atoms with E-state index in [-0.39, 0.29) is 6.54 Å². The van der Waals surface area contributed by atoms with Crippen LogP contribution >= 0.6 is 0 Å². The van der Waals surface area contributed by atoms with Gasteiger partial charge in [0.05, 0.1) is 13.2 Å². The maximum absolute atomic E-state index is 12.3. The fourth-order valence-corrected chi connectivity index (χ4v) is 3.48. The minimum absolute atomic E-state index is 0.0640. The molecule has 27 heavy (non-hydrogen) atoms. The van der Waals surface area contributed by atoms with E-state index in [1.165, 1.54) is 0 Å². The van der Waals surface area contributed by atoms with Crippen LogP contribution in [-0.4, -0.2) is 30.1 Å². The number of amides is 2. The molecule has 1 aliphatic rings. The molecule has 2 aromatic rings. The normalized spacial score (nSPS) is 18.2. The number of para-hydroxylation sites is 1. The highest BCUT2D eigenvalue weighted by molar-refractivity contribution is 6.39. The largest absolute Gasteiger partial charge is 0.493 e. The van der Waals surface area contributed by atoms with Crippen LogP contribution < -0.4 is 15.4 Å². The van der Waals surface area contributed by atoms with Gasteiger partial charge in [-0.1, -0.05) is 35.9 Å².